The molecule has 20 heavy (non-hydrogen) atoms. The van der Waals surface area contributed by atoms with Gasteiger partial charge in [-0.25, -0.2) is 17.4 Å². The van der Waals surface area contributed by atoms with Gasteiger partial charge in [-0.15, -0.1) is 0 Å². The molecule has 0 bridgehead atoms. The Morgan fingerprint density at radius 1 is 1.10 bits per heavy atom. The third kappa shape index (κ3) is 1.91. The second-order valence-corrected chi connectivity index (χ2v) is 6.27. The van der Waals surface area contributed by atoms with Crippen LogP contribution in [0.2, 0.25) is 0 Å². The Balaban J connectivity index is 2.34. The zero-order valence-electron chi connectivity index (χ0n) is 11.0. The number of hydrogen-bond donors (Lipinski definition) is 0. The Morgan fingerprint density at radius 3 is 2.55 bits per heavy atom. The van der Waals surface area contributed by atoms with Crippen LogP contribution in [0.5, 0.6) is 0 Å². The van der Waals surface area contributed by atoms with E-state index in [0.717, 1.165) is 11.1 Å². The molecular formula is C15H14N2O2S. The molecule has 102 valence electrons. The lowest BCUT2D eigenvalue weighted by atomic mass is 10.3. The van der Waals surface area contributed by atoms with E-state index in [4.69, 9.17) is 0 Å². The molecule has 0 spiro atoms. The standard InChI is InChI=1S/C15H14N2O2S/c1-2-13-11-12-7-6-10-16-15(12)17(13)20(18,19)14-8-4-3-5-9-14/h3-11H,2H2,1H3. The van der Waals surface area contributed by atoms with E-state index in [-0.39, 0.29) is 4.90 Å². The maximum Gasteiger partial charge on any atom is 0.269 e. The summed E-state index contributed by atoms with van der Waals surface area (Å²) in [5.74, 6) is 0. The molecule has 0 fully saturated rings. The second-order valence-electron chi connectivity index (χ2n) is 4.49. The molecule has 0 saturated carbocycles. The summed E-state index contributed by atoms with van der Waals surface area (Å²) in [6.07, 6.45) is 2.24. The van der Waals surface area contributed by atoms with Crippen LogP contribution in [0.1, 0.15) is 12.6 Å². The van der Waals surface area contributed by atoms with Gasteiger partial charge in [-0.3, -0.25) is 0 Å². The summed E-state index contributed by atoms with van der Waals surface area (Å²) >= 11 is 0. The summed E-state index contributed by atoms with van der Waals surface area (Å²) in [6.45, 7) is 1.94. The minimum Gasteiger partial charge on any atom is -0.237 e. The predicted octanol–water partition coefficient (Wildman–Crippen LogP) is 2.84. The monoisotopic (exact) mass is 286 g/mol. The molecule has 1 aromatic carbocycles. The highest BCUT2D eigenvalue weighted by Gasteiger charge is 2.22. The van der Waals surface area contributed by atoms with E-state index in [2.05, 4.69) is 4.98 Å². The molecule has 5 heteroatoms. The number of fused-ring (bicyclic) bond motifs is 1. The largest absolute Gasteiger partial charge is 0.269 e. The summed E-state index contributed by atoms with van der Waals surface area (Å²) in [7, 11) is -3.61. The van der Waals surface area contributed by atoms with Crippen molar-refractivity contribution in [1.82, 2.24) is 8.96 Å². The number of hydrogen-bond acceptors (Lipinski definition) is 3. The van der Waals surface area contributed by atoms with Crippen molar-refractivity contribution in [1.29, 1.82) is 0 Å². The van der Waals surface area contributed by atoms with Crippen molar-refractivity contribution in [2.24, 2.45) is 0 Å². The van der Waals surface area contributed by atoms with Gasteiger partial charge in [0.1, 0.15) is 0 Å². The third-order valence-electron chi connectivity index (χ3n) is 3.24. The van der Waals surface area contributed by atoms with Gasteiger partial charge in [0.25, 0.3) is 10.0 Å². The molecule has 2 heterocycles. The van der Waals surface area contributed by atoms with Crippen LogP contribution < -0.4 is 0 Å². The summed E-state index contributed by atoms with van der Waals surface area (Å²) in [4.78, 5) is 4.50. The Bertz CT molecular complexity index is 852. The van der Waals surface area contributed by atoms with Crippen LogP contribution in [-0.4, -0.2) is 17.4 Å². The first-order valence-electron chi connectivity index (χ1n) is 6.40. The molecule has 2 aromatic heterocycles. The molecule has 0 unspecified atom stereocenters. The zero-order chi connectivity index (χ0) is 14.2. The van der Waals surface area contributed by atoms with Crippen molar-refractivity contribution in [2.45, 2.75) is 18.2 Å². The molecule has 0 atom stereocenters. The fourth-order valence-corrected chi connectivity index (χ4v) is 3.86. The number of rotatable bonds is 3. The molecule has 0 N–H and O–H groups in total. The number of benzene rings is 1. The number of nitrogens with zero attached hydrogens (tertiary/aromatic N) is 2. The van der Waals surface area contributed by atoms with E-state index < -0.39 is 10.0 Å². The molecule has 3 aromatic rings. The molecule has 0 aliphatic rings. The van der Waals surface area contributed by atoms with Gasteiger partial charge in [0.2, 0.25) is 0 Å². The molecule has 0 aliphatic carbocycles. The van der Waals surface area contributed by atoms with Crippen molar-refractivity contribution in [2.75, 3.05) is 0 Å². The minimum absolute atomic E-state index is 0.276. The maximum absolute atomic E-state index is 12.8. The summed E-state index contributed by atoms with van der Waals surface area (Å²) in [5, 5.41) is 0.837. The smallest absolute Gasteiger partial charge is 0.237 e. The third-order valence-corrected chi connectivity index (χ3v) is 4.99. The SMILES string of the molecule is CCc1cc2cccnc2n1S(=O)(=O)c1ccccc1. The van der Waals surface area contributed by atoms with Crippen molar-refractivity contribution < 1.29 is 8.42 Å². The van der Waals surface area contributed by atoms with E-state index in [9.17, 15) is 8.42 Å². The molecule has 0 amide bonds. The first-order chi connectivity index (χ1) is 9.64. The highest BCUT2D eigenvalue weighted by atomic mass is 32.2. The van der Waals surface area contributed by atoms with Crippen molar-refractivity contribution in [3.05, 3.63) is 60.4 Å². The van der Waals surface area contributed by atoms with Gasteiger partial charge >= 0.3 is 0 Å². The lowest BCUT2D eigenvalue weighted by Crippen LogP contribution is -2.15. The topological polar surface area (TPSA) is 52.0 Å². The Hall–Kier alpha value is -2.14. The maximum atomic E-state index is 12.8. The van der Waals surface area contributed by atoms with Gasteiger partial charge in [0.05, 0.1) is 4.90 Å². The lowest BCUT2D eigenvalue weighted by molar-refractivity contribution is 0.587. The van der Waals surface area contributed by atoms with Crippen LogP contribution in [0.3, 0.4) is 0 Å². The first kappa shape index (κ1) is 12.9. The van der Waals surface area contributed by atoms with E-state index in [1.54, 1.807) is 42.6 Å². The van der Waals surface area contributed by atoms with Crippen LogP contribution in [-0.2, 0) is 16.4 Å². The highest BCUT2D eigenvalue weighted by molar-refractivity contribution is 7.90. The van der Waals surface area contributed by atoms with Gasteiger partial charge in [-0.1, -0.05) is 25.1 Å². The summed E-state index contributed by atoms with van der Waals surface area (Å²) in [6, 6.07) is 14.0. The van der Waals surface area contributed by atoms with Crippen LogP contribution in [0.15, 0.2) is 59.6 Å². The van der Waals surface area contributed by atoms with Gasteiger partial charge in [-0.05, 0) is 36.8 Å². The first-order valence-corrected chi connectivity index (χ1v) is 7.84. The van der Waals surface area contributed by atoms with Crippen molar-refractivity contribution in [3.63, 3.8) is 0 Å². The van der Waals surface area contributed by atoms with Crippen LogP contribution in [0.4, 0.5) is 0 Å². The van der Waals surface area contributed by atoms with E-state index >= 15 is 0 Å². The number of aromatic nitrogens is 2. The second kappa shape index (κ2) is 4.76. The minimum atomic E-state index is -3.61. The predicted molar refractivity (Wildman–Crippen MR) is 78.1 cm³/mol. The molecular weight excluding hydrogens is 272 g/mol. The lowest BCUT2D eigenvalue weighted by Gasteiger charge is -2.10. The summed E-state index contributed by atoms with van der Waals surface area (Å²) < 4.78 is 27.0. The Labute approximate surface area is 117 Å². The van der Waals surface area contributed by atoms with Crippen LogP contribution in [0.25, 0.3) is 11.0 Å². The number of pyridine rings is 1. The molecule has 0 aliphatic heterocycles. The average molecular weight is 286 g/mol. The van der Waals surface area contributed by atoms with Gasteiger partial charge in [0, 0.05) is 17.3 Å². The zero-order valence-corrected chi connectivity index (χ0v) is 11.8. The molecule has 0 radical (unpaired) electrons. The molecule has 0 saturated heterocycles. The van der Waals surface area contributed by atoms with Crippen molar-refractivity contribution >= 4 is 21.1 Å². The van der Waals surface area contributed by atoms with Crippen molar-refractivity contribution in [3.8, 4) is 0 Å². The van der Waals surface area contributed by atoms with Crippen LogP contribution in [0, 0.1) is 0 Å². The van der Waals surface area contributed by atoms with Gasteiger partial charge < -0.3 is 0 Å². The molecule has 3 rings (SSSR count). The Kier molecular flexibility index (Phi) is 3.06. The van der Waals surface area contributed by atoms with Gasteiger partial charge in [-0.2, -0.15) is 0 Å². The average Bonchev–Trinajstić information content (AvgIpc) is 2.87. The van der Waals surface area contributed by atoms with Gasteiger partial charge in [0.15, 0.2) is 5.65 Å². The summed E-state index contributed by atoms with van der Waals surface area (Å²) in [5.41, 5.74) is 1.22. The van der Waals surface area contributed by atoms with E-state index in [0.29, 0.717) is 12.1 Å². The Morgan fingerprint density at radius 2 is 1.85 bits per heavy atom. The molecule has 4 nitrogen and oxygen atoms in total. The van der Waals surface area contributed by atoms with Crippen LogP contribution >= 0.6 is 0 Å². The quantitative estimate of drug-likeness (QED) is 0.744. The fourth-order valence-electron chi connectivity index (χ4n) is 2.28. The van der Waals surface area contributed by atoms with E-state index in [1.165, 1.54) is 3.97 Å². The normalized spacial score (nSPS) is 11.8. The fraction of sp³-hybridized carbons (Fsp3) is 0.133. The van der Waals surface area contributed by atoms with E-state index in [1.807, 2.05) is 19.1 Å². The highest BCUT2D eigenvalue weighted by Crippen LogP contribution is 2.24. The number of aryl methyl sites for hydroxylation is 1.